The van der Waals surface area contributed by atoms with Crippen LogP contribution >= 0.6 is 0 Å². The van der Waals surface area contributed by atoms with Gasteiger partial charge in [-0.3, -0.25) is 14.5 Å². The predicted molar refractivity (Wildman–Crippen MR) is 148 cm³/mol. The average molecular weight is 558 g/mol. The van der Waals surface area contributed by atoms with Gasteiger partial charge in [-0.1, -0.05) is 42.0 Å². The van der Waals surface area contributed by atoms with Crippen LogP contribution in [-0.2, 0) is 16.5 Å². The predicted octanol–water partition coefficient (Wildman–Crippen LogP) is 5.10. The van der Waals surface area contributed by atoms with Gasteiger partial charge in [0.1, 0.15) is 4.90 Å². The Bertz CT molecular complexity index is 1700. The summed E-state index contributed by atoms with van der Waals surface area (Å²) in [6.07, 6.45) is 5.41. The molecule has 8 nitrogen and oxygen atoms in total. The SMILES string of the molecule is COc1c(OS(=O)(=O)c2ccc(C)cc2)cc2c(c1OC)C1=C(CC=C1)[C@@H](N1C(=O)c3ccccc3C1=O)CC2. The van der Waals surface area contributed by atoms with Crippen molar-refractivity contribution < 1.29 is 31.7 Å². The molecule has 2 amide bonds. The van der Waals surface area contributed by atoms with Gasteiger partial charge >= 0.3 is 10.1 Å². The van der Waals surface area contributed by atoms with Crippen molar-refractivity contribution in [3.8, 4) is 17.2 Å². The molecule has 0 bridgehead atoms. The molecule has 3 aromatic carbocycles. The molecule has 9 heteroatoms. The largest absolute Gasteiger partial charge is 0.492 e. The fourth-order valence-corrected chi connectivity index (χ4v) is 6.73. The quantitative estimate of drug-likeness (QED) is 0.307. The van der Waals surface area contributed by atoms with Crippen molar-refractivity contribution in [1.82, 2.24) is 4.90 Å². The first-order valence-corrected chi connectivity index (χ1v) is 14.3. The van der Waals surface area contributed by atoms with E-state index in [0.29, 0.717) is 36.1 Å². The molecule has 2 aliphatic carbocycles. The van der Waals surface area contributed by atoms with E-state index >= 15 is 0 Å². The summed E-state index contributed by atoms with van der Waals surface area (Å²) in [5, 5.41) is 0. The zero-order chi connectivity index (χ0) is 28.2. The van der Waals surface area contributed by atoms with Gasteiger partial charge in [-0.25, -0.2) is 0 Å². The van der Waals surface area contributed by atoms with Crippen molar-refractivity contribution in [1.29, 1.82) is 0 Å². The van der Waals surface area contributed by atoms with Gasteiger partial charge in [0.2, 0.25) is 5.75 Å². The molecule has 0 N–H and O–H groups in total. The normalized spacial score (nSPS) is 17.9. The van der Waals surface area contributed by atoms with Crippen LogP contribution in [0.2, 0.25) is 0 Å². The molecule has 0 fully saturated rings. The first-order chi connectivity index (χ1) is 19.2. The molecule has 0 unspecified atom stereocenters. The fourth-order valence-electron chi connectivity index (χ4n) is 5.80. The smallest absolute Gasteiger partial charge is 0.339 e. The number of aryl methyl sites for hydroxylation is 2. The van der Waals surface area contributed by atoms with Crippen LogP contribution in [0.5, 0.6) is 17.2 Å². The molecule has 0 saturated heterocycles. The van der Waals surface area contributed by atoms with E-state index in [1.807, 2.05) is 19.1 Å². The van der Waals surface area contributed by atoms with Crippen LogP contribution in [0.25, 0.3) is 5.57 Å². The number of hydrogen-bond acceptors (Lipinski definition) is 7. The van der Waals surface area contributed by atoms with Gasteiger partial charge in [-0.2, -0.15) is 8.42 Å². The van der Waals surface area contributed by atoms with Crippen molar-refractivity contribution in [2.75, 3.05) is 14.2 Å². The number of rotatable bonds is 6. The second kappa shape index (κ2) is 9.67. The number of carbonyl (C=O) groups is 2. The number of imide groups is 1. The Kier molecular flexibility index (Phi) is 6.26. The number of hydrogen-bond donors (Lipinski definition) is 0. The maximum Gasteiger partial charge on any atom is 0.339 e. The van der Waals surface area contributed by atoms with E-state index in [4.69, 9.17) is 13.7 Å². The van der Waals surface area contributed by atoms with Gasteiger partial charge in [0.25, 0.3) is 11.8 Å². The van der Waals surface area contributed by atoms with Crippen molar-refractivity contribution >= 4 is 27.5 Å². The van der Waals surface area contributed by atoms with Crippen LogP contribution in [0.3, 0.4) is 0 Å². The van der Waals surface area contributed by atoms with E-state index in [-0.39, 0.29) is 28.2 Å². The van der Waals surface area contributed by atoms with Crippen LogP contribution in [0.15, 0.2) is 77.2 Å². The average Bonchev–Trinajstić information content (AvgIpc) is 3.48. The second-order valence-electron chi connectivity index (χ2n) is 9.95. The van der Waals surface area contributed by atoms with Gasteiger partial charge in [0.05, 0.1) is 31.4 Å². The molecule has 40 heavy (non-hydrogen) atoms. The lowest BCUT2D eigenvalue weighted by Gasteiger charge is -2.27. The number of carbonyl (C=O) groups excluding carboxylic acids is 2. The lowest BCUT2D eigenvalue weighted by atomic mass is 9.95. The summed E-state index contributed by atoms with van der Waals surface area (Å²) in [7, 11) is -1.26. The first kappa shape index (κ1) is 25.9. The minimum atomic E-state index is -4.17. The van der Waals surface area contributed by atoms with Crippen LogP contribution < -0.4 is 13.7 Å². The highest BCUT2D eigenvalue weighted by molar-refractivity contribution is 7.87. The third kappa shape index (κ3) is 4.00. The zero-order valence-electron chi connectivity index (χ0n) is 22.3. The Morgan fingerprint density at radius 1 is 0.900 bits per heavy atom. The van der Waals surface area contributed by atoms with Crippen LogP contribution in [0.4, 0.5) is 0 Å². The second-order valence-corrected chi connectivity index (χ2v) is 11.5. The zero-order valence-corrected chi connectivity index (χ0v) is 23.1. The van der Waals surface area contributed by atoms with Gasteiger partial charge in [-0.05, 0) is 73.2 Å². The number of ether oxygens (including phenoxy) is 2. The molecule has 1 aliphatic heterocycles. The van der Waals surface area contributed by atoms with Crippen molar-refractivity contribution in [3.63, 3.8) is 0 Å². The monoisotopic (exact) mass is 557 g/mol. The number of nitrogens with zero attached hydrogens (tertiary/aromatic N) is 1. The van der Waals surface area contributed by atoms with E-state index in [1.165, 1.54) is 31.3 Å². The first-order valence-electron chi connectivity index (χ1n) is 12.9. The summed E-state index contributed by atoms with van der Waals surface area (Å²) in [6, 6.07) is 14.4. The topological polar surface area (TPSA) is 99.2 Å². The minimum Gasteiger partial charge on any atom is -0.492 e. The molecule has 3 aromatic rings. The van der Waals surface area contributed by atoms with Crippen LogP contribution in [-0.4, -0.2) is 45.4 Å². The summed E-state index contributed by atoms with van der Waals surface area (Å²) >= 11 is 0. The van der Waals surface area contributed by atoms with Crippen LogP contribution in [0, 0.1) is 6.92 Å². The van der Waals surface area contributed by atoms with Gasteiger partial charge in [0, 0.05) is 5.56 Å². The Morgan fingerprint density at radius 3 is 2.17 bits per heavy atom. The third-order valence-electron chi connectivity index (χ3n) is 7.66. The molecule has 204 valence electrons. The molecule has 3 aliphatic rings. The molecule has 0 radical (unpaired) electrons. The van der Waals surface area contributed by atoms with E-state index in [9.17, 15) is 18.0 Å². The summed E-state index contributed by atoms with van der Waals surface area (Å²) < 4.78 is 43.5. The van der Waals surface area contributed by atoms with E-state index in [1.54, 1.807) is 42.5 Å². The van der Waals surface area contributed by atoms with Gasteiger partial charge < -0.3 is 13.7 Å². The highest BCUT2D eigenvalue weighted by atomic mass is 32.2. The maximum absolute atomic E-state index is 13.4. The Morgan fingerprint density at radius 2 is 1.55 bits per heavy atom. The van der Waals surface area contributed by atoms with E-state index in [0.717, 1.165) is 27.8 Å². The molecule has 0 aromatic heterocycles. The summed E-state index contributed by atoms with van der Waals surface area (Å²) in [4.78, 5) is 28.2. The van der Waals surface area contributed by atoms with Gasteiger partial charge in [-0.15, -0.1) is 0 Å². The van der Waals surface area contributed by atoms with E-state index in [2.05, 4.69) is 0 Å². The molecular formula is C31H27NO7S. The lowest BCUT2D eigenvalue weighted by molar-refractivity contribution is 0.0601. The molecule has 0 spiro atoms. The standard InChI is InChI=1S/C31H27NO7S/c1-18-11-14-20(15-12-18)40(35,36)39-26-17-19-13-16-25(32-30(33)23-7-4-5-8-24(23)31(32)34)21-9-6-10-22(21)27(19)29(38-3)28(26)37-2/h4-8,10-12,14-15,17,25H,9,13,16H2,1-3H3/t25-/m0/s1. The summed E-state index contributed by atoms with van der Waals surface area (Å²) in [6.45, 7) is 1.87. The van der Waals surface area contributed by atoms with Crippen molar-refractivity contribution in [3.05, 3.63) is 100 Å². The summed E-state index contributed by atoms with van der Waals surface area (Å²) in [5.41, 5.74) is 4.99. The highest BCUT2D eigenvalue weighted by Crippen LogP contribution is 2.50. The fraction of sp³-hybridized carbons (Fsp3) is 0.226. The third-order valence-corrected chi connectivity index (χ3v) is 8.91. The minimum absolute atomic E-state index is 0.00184. The lowest BCUT2D eigenvalue weighted by Crippen LogP contribution is -2.41. The molecule has 1 atom stereocenters. The van der Waals surface area contributed by atoms with Crippen molar-refractivity contribution in [2.45, 2.75) is 37.1 Å². The Hall–Kier alpha value is -4.37. The maximum atomic E-state index is 13.4. The molecule has 1 heterocycles. The molecule has 6 rings (SSSR count). The Labute approximate surface area is 232 Å². The van der Waals surface area contributed by atoms with E-state index < -0.39 is 16.2 Å². The number of amides is 2. The highest BCUT2D eigenvalue weighted by Gasteiger charge is 2.43. The summed E-state index contributed by atoms with van der Waals surface area (Å²) in [5.74, 6) is -0.150. The number of benzene rings is 3. The molecule has 0 saturated carbocycles. The molecular weight excluding hydrogens is 530 g/mol. The van der Waals surface area contributed by atoms with Gasteiger partial charge in [0.15, 0.2) is 11.5 Å². The number of methoxy groups -OCH3 is 2. The number of fused-ring (bicyclic) bond motifs is 3. The van der Waals surface area contributed by atoms with Crippen LogP contribution in [0.1, 0.15) is 50.2 Å². The number of allylic oxidation sites excluding steroid dienone is 3. The Balaban J connectivity index is 1.45. The van der Waals surface area contributed by atoms with Crippen molar-refractivity contribution in [2.24, 2.45) is 0 Å².